The maximum atomic E-state index is 12.2. The molecule has 0 aliphatic heterocycles. The zero-order chi connectivity index (χ0) is 19.9. The van der Waals surface area contributed by atoms with Gasteiger partial charge in [0.2, 0.25) is 5.91 Å². The largest absolute Gasteiger partial charge is 0.490 e. The van der Waals surface area contributed by atoms with Crippen LogP contribution in [0, 0.1) is 10.1 Å². The van der Waals surface area contributed by atoms with Gasteiger partial charge in [0.1, 0.15) is 5.01 Å². The van der Waals surface area contributed by atoms with Gasteiger partial charge in [0.15, 0.2) is 5.75 Å². The van der Waals surface area contributed by atoms with Crippen molar-refractivity contribution < 1.29 is 14.5 Å². The van der Waals surface area contributed by atoms with E-state index in [1.807, 2.05) is 29.6 Å². The molecule has 0 radical (unpaired) electrons. The van der Waals surface area contributed by atoms with Crippen LogP contribution in [0.1, 0.15) is 5.56 Å². The number of hydrogen-bond acceptors (Lipinski definition) is 7. The lowest BCUT2D eigenvalue weighted by Crippen LogP contribution is -2.14. The van der Waals surface area contributed by atoms with Crippen LogP contribution in [-0.4, -0.2) is 28.7 Å². The molecule has 1 N–H and O–H groups in total. The molecule has 0 saturated carbocycles. The fourth-order valence-corrected chi connectivity index (χ4v) is 3.93. The van der Waals surface area contributed by atoms with Crippen molar-refractivity contribution in [3.8, 4) is 16.3 Å². The molecule has 0 aliphatic rings. The van der Waals surface area contributed by atoms with Crippen molar-refractivity contribution >= 4 is 40.4 Å². The summed E-state index contributed by atoms with van der Waals surface area (Å²) < 4.78 is 4.99. The van der Waals surface area contributed by atoms with E-state index in [1.54, 1.807) is 18.3 Å². The van der Waals surface area contributed by atoms with E-state index in [1.165, 1.54) is 36.3 Å². The monoisotopic (exact) mass is 415 g/mol. The number of thiazole rings is 1. The Kier molecular flexibility index (Phi) is 6.62. The van der Waals surface area contributed by atoms with Crippen molar-refractivity contribution in [3.05, 3.63) is 69.7 Å². The average Bonchev–Trinajstić information content (AvgIpc) is 3.23. The molecule has 3 aromatic rings. The summed E-state index contributed by atoms with van der Waals surface area (Å²) in [6.45, 7) is 0. The summed E-state index contributed by atoms with van der Waals surface area (Å²) in [7, 11) is 1.39. The molecule has 0 aliphatic carbocycles. The normalized spacial score (nSPS) is 10.5. The molecular formula is C19H17N3O4S2. The third kappa shape index (κ3) is 5.08. The Morgan fingerprint density at radius 1 is 1.32 bits per heavy atom. The zero-order valence-electron chi connectivity index (χ0n) is 15.0. The maximum absolute atomic E-state index is 12.2. The topological polar surface area (TPSA) is 94.4 Å². The highest BCUT2D eigenvalue weighted by Crippen LogP contribution is 2.29. The first-order valence-corrected chi connectivity index (χ1v) is 10.3. The number of methoxy groups -OCH3 is 1. The molecule has 2 aromatic carbocycles. The molecule has 0 atom stereocenters. The van der Waals surface area contributed by atoms with Crippen molar-refractivity contribution in [3.63, 3.8) is 0 Å². The van der Waals surface area contributed by atoms with Gasteiger partial charge in [0.25, 0.3) is 0 Å². The van der Waals surface area contributed by atoms with E-state index >= 15 is 0 Å². The molecule has 0 spiro atoms. The van der Waals surface area contributed by atoms with E-state index in [2.05, 4.69) is 10.3 Å². The lowest BCUT2D eigenvalue weighted by molar-refractivity contribution is -0.385. The van der Waals surface area contributed by atoms with Crippen LogP contribution in [0.3, 0.4) is 0 Å². The Labute approximate surface area is 169 Å². The minimum absolute atomic E-state index is 0.0796. The number of nitro benzene ring substituents is 1. The lowest BCUT2D eigenvalue weighted by atomic mass is 10.2. The quantitative estimate of drug-likeness (QED) is 0.427. The Morgan fingerprint density at radius 3 is 2.89 bits per heavy atom. The third-order valence-corrected chi connectivity index (χ3v) is 5.59. The first-order chi connectivity index (χ1) is 13.6. The Bertz CT molecular complexity index is 977. The molecule has 3 rings (SSSR count). The van der Waals surface area contributed by atoms with Gasteiger partial charge in [0.05, 0.1) is 17.8 Å². The zero-order valence-corrected chi connectivity index (χ0v) is 16.6. The number of nitro groups is 1. The number of anilines is 1. The van der Waals surface area contributed by atoms with Gasteiger partial charge >= 0.3 is 5.69 Å². The number of carbonyl (C=O) groups is 1. The molecule has 144 valence electrons. The van der Waals surface area contributed by atoms with Crippen molar-refractivity contribution in [1.29, 1.82) is 0 Å². The van der Waals surface area contributed by atoms with E-state index in [0.29, 0.717) is 11.4 Å². The minimum atomic E-state index is -0.477. The van der Waals surface area contributed by atoms with Crippen LogP contribution in [0.25, 0.3) is 10.6 Å². The van der Waals surface area contributed by atoms with Crippen LogP contribution in [0.5, 0.6) is 5.75 Å². The van der Waals surface area contributed by atoms with E-state index < -0.39 is 4.92 Å². The summed E-state index contributed by atoms with van der Waals surface area (Å²) in [6, 6.07) is 12.3. The van der Waals surface area contributed by atoms with E-state index in [9.17, 15) is 14.9 Å². The van der Waals surface area contributed by atoms with Crippen molar-refractivity contribution in [2.24, 2.45) is 0 Å². The van der Waals surface area contributed by atoms with Crippen LogP contribution in [-0.2, 0) is 10.5 Å². The number of nitrogens with one attached hydrogen (secondary N) is 1. The Morgan fingerprint density at radius 2 is 2.18 bits per heavy atom. The Hall–Kier alpha value is -2.91. The fourth-order valence-electron chi connectivity index (χ4n) is 2.52. The van der Waals surface area contributed by atoms with Gasteiger partial charge in [-0.3, -0.25) is 14.9 Å². The van der Waals surface area contributed by atoms with Crippen LogP contribution in [0.4, 0.5) is 11.4 Å². The predicted octanol–water partition coefficient (Wildman–Crippen LogP) is 4.60. The Balaban J connectivity index is 1.55. The van der Waals surface area contributed by atoms with E-state index in [4.69, 9.17) is 4.74 Å². The highest BCUT2D eigenvalue weighted by Gasteiger charge is 2.15. The number of benzene rings is 2. The minimum Gasteiger partial charge on any atom is -0.490 e. The second-order valence-electron chi connectivity index (χ2n) is 5.72. The third-order valence-electron chi connectivity index (χ3n) is 3.77. The van der Waals surface area contributed by atoms with Gasteiger partial charge in [-0.05, 0) is 23.8 Å². The predicted molar refractivity (Wildman–Crippen MR) is 112 cm³/mol. The molecule has 7 nitrogen and oxygen atoms in total. The van der Waals surface area contributed by atoms with Gasteiger partial charge in [-0.2, -0.15) is 0 Å². The number of ether oxygens (including phenoxy) is 1. The molecular weight excluding hydrogens is 398 g/mol. The standard InChI is InChI=1S/C19H17N3O4S2/c1-26-17-6-5-13(9-16(17)22(24)25)11-27-12-18(23)21-15-4-2-3-14(10-15)19-20-7-8-28-19/h2-10H,11-12H2,1H3,(H,21,23). The fraction of sp³-hybridized carbons (Fsp3) is 0.158. The molecule has 1 amide bonds. The molecule has 1 aromatic heterocycles. The lowest BCUT2D eigenvalue weighted by Gasteiger charge is -2.07. The SMILES string of the molecule is COc1ccc(CSCC(=O)Nc2cccc(-c3nccs3)c2)cc1[N+](=O)[O-]. The number of thioether (sulfide) groups is 1. The van der Waals surface area contributed by atoms with Gasteiger partial charge in [-0.1, -0.05) is 18.2 Å². The van der Waals surface area contributed by atoms with Crippen molar-refractivity contribution in [2.75, 3.05) is 18.2 Å². The van der Waals surface area contributed by atoms with E-state index in [-0.39, 0.29) is 23.1 Å². The van der Waals surface area contributed by atoms with Crippen LogP contribution >= 0.6 is 23.1 Å². The molecule has 0 fully saturated rings. The molecule has 0 unspecified atom stereocenters. The maximum Gasteiger partial charge on any atom is 0.311 e. The molecule has 9 heteroatoms. The van der Waals surface area contributed by atoms with Crippen LogP contribution in [0.2, 0.25) is 0 Å². The average molecular weight is 415 g/mol. The smallest absolute Gasteiger partial charge is 0.311 e. The van der Waals surface area contributed by atoms with Gasteiger partial charge in [-0.25, -0.2) is 4.98 Å². The number of rotatable bonds is 8. The van der Waals surface area contributed by atoms with Crippen molar-refractivity contribution in [1.82, 2.24) is 4.98 Å². The van der Waals surface area contributed by atoms with Gasteiger partial charge in [0, 0.05) is 34.6 Å². The van der Waals surface area contributed by atoms with Gasteiger partial charge in [-0.15, -0.1) is 23.1 Å². The summed E-state index contributed by atoms with van der Waals surface area (Å²) in [5, 5.41) is 16.7. The second-order valence-corrected chi connectivity index (χ2v) is 7.60. The number of carbonyl (C=O) groups excluding carboxylic acids is 1. The van der Waals surface area contributed by atoms with E-state index in [0.717, 1.165) is 16.1 Å². The van der Waals surface area contributed by atoms with Crippen LogP contribution in [0.15, 0.2) is 54.0 Å². The van der Waals surface area contributed by atoms with Crippen molar-refractivity contribution in [2.45, 2.75) is 5.75 Å². The number of aromatic nitrogens is 1. The summed E-state index contributed by atoms with van der Waals surface area (Å²) >= 11 is 2.92. The molecule has 1 heterocycles. The number of hydrogen-bond donors (Lipinski definition) is 1. The summed E-state index contributed by atoms with van der Waals surface area (Å²) in [5.41, 5.74) is 2.34. The first kappa shape index (κ1) is 19.8. The van der Waals surface area contributed by atoms with Crippen LogP contribution < -0.4 is 10.1 Å². The number of amides is 1. The molecule has 28 heavy (non-hydrogen) atoms. The molecule has 0 saturated heterocycles. The summed E-state index contributed by atoms with van der Waals surface area (Å²) in [6.07, 6.45) is 1.74. The number of nitrogens with zero attached hydrogens (tertiary/aromatic N) is 2. The second kappa shape index (κ2) is 9.34. The summed E-state index contributed by atoms with van der Waals surface area (Å²) in [4.78, 5) is 27.1. The summed E-state index contributed by atoms with van der Waals surface area (Å²) in [5.74, 6) is 0.805. The highest BCUT2D eigenvalue weighted by molar-refractivity contribution is 7.99. The highest BCUT2D eigenvalue weighted by atomic mass is 32.2. The molecule has 0 bridgehead atoms. The first-order valence-electron chi connectivity index (χ1n) is 8.25. The van der Waals surface area contributed by atoms with Gasteiger partial charge < -0.3 is 10.1 Å².